The molecule has 0 atom stereocenters. The fourth-order valence-electron chi connectivity index (χ4n) is 1.53. The smallest absolute Gasteiger partial charge is 0.261 e. The van der Waals surface area contributed by atoms with Crippen LogP contribution in [0.25, 0.3) is 0 Å². The maximum atomic E-state index is 12.0. The van der Waals surface area contributed by atoms with E-state index in [2.05, 4.69) is 10.5 Å². The maximum absolute atomic E-state index is 12.0. The van der Waals surface area contributed by atoms with Gasteiger partial charge in [-0.05, 0) is 38.1 Å². The van der Waals surface area contributed by atoms with E-state index in [1.807, 2.05) is 0 Å². The molecule has 0 aliphatic carbocycles. The highest BCUT2D eigenvalue weighted by Gasteiger charge is 2.17. The minimum absolute atomic E-state index is 0.233. The molecule has 1 amide bonds. The van der Waals surface area contributed by atoms with Gasteiger partial charge in [-0.25, -0.2) is 0 Å². The van der Waals surface area contributed by atoms with Gasteiger partial charge in [0.05, 0.1) is 5.69 Å². The molecule has 17 heavy (non-hydrogen) atoms. The Balaban J connectivity index is 2.20. The molecule has 0 unspecified atom stereocenters. The number of nitrogens with one attached hydrogen (secondary N) is 1. The van der Waals surface area contributed by atoms with Gasteiger partial charge in [0.25, 0.3) is 5.91 Å². The number of aromatic nitrogens is 1. The van der Waals surface area contributed by atoms with E-state index >= 15 is 0 Å². The molecule has 0 saturated carbocycles. The third kappa shape index (κ3) is 2.47. The van der Waals surface area contributed by atoms with Crippen molar-refractivity contribution in [2.45, 2.75) is 13.8 Å². The maximum Gasteiger partial charge on any atom is 0.261 e. The molecule has 1 N–H and O–H groups in total. The van der Waals surface area contributed by atoms with Gasteiger partial charge in [0.15, 0.2) is 0 Å². The highest BCUT2D eigenvalue weighted by Crippen LogP contribution is 2.17. The lowest BCUT2D eigenvalue weighted by molar-refractivity contribution is 0.102. The summed E-state index contributed by atoms with van der Waals surface area (Å²) in [6.07, 6.45) is 0. The van der Waals surface area contributed by atoms with Crippen molar-refractivity contribution in [3.63, 3.8) is 0 Å². The zero-order valence-corrected chi connectivity index (χ0v) is 10.2. The number of halogens is 1. The predicted octanol–water partition coefficient (Wildman–Crippen LogP) is 3.20. The van der Waals surface area contributed by atoms with Crippen LogP contribution in [-0.2, 0) is 0 Å². The van der Waals surface area contributed by atoms with Gasteiger partial charge < -0.3 is 9.84 Å². The Morgan fingerprint density at radius 2 is 1.94 bits per heavy atom. The van der Waals surface area contributed by atoms with Crippen LogP contribution in [0, 0.1) is 13.8 Å². The Kier molecular flexibility index (Phi) is 3.15. The van der Waals surface area contributed by atoms with Gasteiger partial charge >= 0.3 is 0 Å². The van der Waals surface area contributed by atoms with E-state index in [1.54, 1.807) is 38.1 Å². The van der Waals surface area contributed by atoms with Crippen molar-refractivity contribution in [2.75, 3.05) is 5.32 Å². The number of amides is 1. The van der Waals surface area contributed by atoms with Crippen molar-refractivity contribution >= 4 is 23.2 Å². The van der Waals surface area contributed by atoms with Crippen LogP contribution in [0.5, 0.6) is 0 Å². The first-order valence-corrected chi connectivity index (χ1v) is 5.45. The van der Waals surface area contributed by atoms with E-state index in [4.69, 9.17) is 16.1 Å². The van der Waals surface area contributed by atoms with E-state index in [0.717, 1.165) is 0 Å². The normalized spacial score (nSPS) is 10.3. The van der Waals surface area contributed by atoms with E-state index in [1.165, 1.54) is 0 Å². The third-order valence-corrected chi connectivity index (χ3v) is 2.61. The number of nitrogens with zero attached hydrogens (tertiary/aromatic N) is 1. The summed E-state index contributed by atoms with van der Waals surface area (Å²) in [5.41, 5.74) is 1.73. The lowest BCUT2D eigenvalue weighted by Gasteiger charge is -2.04. The number of hydrogen-bond donors (Lipinski definition) is 1. The highest BCUT2D eigenvalue weighted by molar-refractivity contribution is 6.30. The number of rotatable bonds is 2. The molecule has 5 heteroatoms. The molecular formula is C12H11ClN2O2. The minimum atomic E-state index is -0.233. The molecule has 0 radical (unpaired) electrons. The summed E-state index contributed by atoms with van der Waals surface area (Å²) in [5.74, 6) is 0.275. The van der Waals surface area contributed by atoms with Gasteiger partial charge in [-0.1, -0.05) is 16.8 Å². The van der Waals surface area contributed by atoms with E-state index in [9.17, 15) is 4.79 Å². The van der Waals surface area contributed by atoms with Crippen LogP contribution in [0.3, 0.4) is 0 Å². The van der Waals surface area contributed by atoms with Gasteiger partial charge in [0, 0.05) is 10.7 Å². The van der Waals surface area contributed by atoms with Crippen LogP contribution in [-0.4, -0.2) is 11.1 Å². The second kappa shape index (κ2) is 4.59. The summed E-state index contributed by atoms with van der Waals surface area (Å²) in [4.78, 5) is 12.0. The molecule has 0 aliphatic rings. The standard InChI is InChI=1S/C12H11ClN2O2/c1-7-11(8(2)17-15-7)12(16)14-10-5-3-9(13)4-6-10/h3-6H,1-2H3,(H,14,16). The Bertz CT molecular complexity index is 527. The number of carbonyl (C=O) groups excluding carboxylic acids is 1. The van der Waals surface area contributed by atoms with Crippen molar-refractivity contribution in [1.29, 1.82) is 0 Å². The molecule has 4 nitrogen and oxygen atoms in total. The Morgan fingerprint density at radius 1 is 1.29 bits per heavy atom. The average Bonchev–Trinajstić information content (AvgIpc) is 2.62. The highest BCUT2D eigenvalue weighted by atomic mass is 35.5. The Labute approximate surface area is 104 Å². The molecule has 2 aromatic rings. The van der Waals surface area contributed by atoms with Crippen LogP contribution in [0.15, 0.2) is 28.8 Å². The van der Waals surface area contributed by atoms with Gasteiger partial charge in [-0.2, -0.15) is 0 Å². The second-order valence-electron chi connectivity index (χ2n) is 3.66. The summed E-state index contributed by atoms with van der Waals surface area (Å²) in [7, 11) is 0. The average molecular weight is 251 g/mol. The van der Waals surface area contributed by atoms with Gasteiger partial charge in [-0.3, -0.25) is 4.79 Å². The van der Waals surface area contributed by atoms with Crippen LogP contribution >= 0.6 is 11.6 Å². The van der Waals surface area contributed by atoms with E-state index in [-0.39, 0.29) is 5.91 Å². The Morgan fingerprint density at radius 3 is 2.47 bits per heavy atom. The quantitative estimate of drug-likeness (QED) is 0.891. The Hall–Kier alpha value is -1.81. The third-order valence-electron chi connectivity index (χ3n) is 2.36. The summed E-state index contributed by atoms with van der Waals surface area (Å²) in [5, 5.41) is 7.12. The van der Waals surface area contributed by atoms with E-state index < -0.39 is 0 Å². The van der Waals surface area contributed by atoms with Crippen LogP contribution in [0.4, 0.5) is 5.69 Å². The molecule has 0 saturated heterocycles. The molecule has 2 rings (SSSR count). The summed E-state index contributed by atoms with van der Waals surface area (Å²) >= 11 is 5.76. The zero-order valence-electron chi connectivity index (χ0n) is 9.45. The second-order valence-corrected chi connectivity index (χ2v) is 4.10. The molecule has 1 aromatic carbocycles. The van der Waals surface area contributed by atoms with Gasteiger partial charge in [-0.15, -0.1) is 0 Å². The molecule has 0 aliphatic heterocycles. The van der Waals surface area contributed by atoms with Crippen molar-refractivity contribution in [1.82, 2.24) is 5.16 Å². The van der Waals surface area contributed by atoms with E-state index in [0.29, 0.717) is 27.7 Å². The first-order valence-electron chi connectivity index (χ1n) is 5.07. The molecule has 1 heterocycles. The number of aryl methyl sites for hydroxylation is 2. The monoisotopic (exact) mass is 250 g/mol. The first-order chi connectivity index (χ1) is 8.08. The van der Waals surface area contributed by atoms with Crippen LogP contribution in [0.2, 0.25) is 5.02 Å². The summed E-state index contributed by atoms with van der Waals surface area (Å²) < 4.78 is 4.94. The minimum Gasteiger partial charge on any atom is -0.361 e. The number of hydrogen-bond acceptors (Lipinski definition) is 3. The summed E-state index contributed by atoms with van der Waals surface area (Å²) in [6.45, 7) is 3.43. The van der Waals surface area contributed by atoms with Crippen LogP contribution in [0.1, 0.15) is 21.8 Å². The zero-order chi connectivity index (χ0) is 12.4. The largest absolute Gasteiger partial charge is 0.361 e. The topological polar surface area (TPSA) is 55.1 Å². The van der Waals surface area contributed by atoms with Crippen LogP contribution < -0.4 is 5.32 Å². The van der Waals surface area contributed by atoms with Crippen molar-refractivity contribution in [3.8, 4) is 0 Å². The molecule has 0 bridgehead atoms. The predicted molar refractivity (Wildman–Crippen MR) is 65.4 cm³/mol. The lowest BCUT2D eigenvalue weighted by atomic mass is 10.2. The number of benzene rings is 1. The fourth-order valence-corrected chi connectivity index (χ4v) is 1.66. The first kappa shape index (κ1) is 11.7. The van der Waals surface area contributed by atoms with Crippen molar-refractivity contribution in [2.24, 2.45) is 0 Å². The molecule has 0 fully saturated rings. The number of carbonyl (C=O) groups is 1. The SMILES string of the molecule is Cc1noc(C)c1C(=O)Nc1ccc(Cl)cc1. The molecular weight excluding hydrogens is 240 g/mol. The molecule has 88 valence electrons. The fraction of sp³-hybridized carbons (Fsp3) is 0.167. The van der Waals surface area contributed by atoms with Gasteiger partial charge in [0.2, 0.25) is 0 Å². The lowest BCUT2D eigenvalue weighted by Crippen LogP contribution is -2.13. The van der Waals surface area contributed by atoms with Crippen molar-refractivity contribution in [3.05, 3.63) is 46.3 Å². The molecule has 1 aromatic heterocycles. The van der Waals surface area contributed by atoms with Gasteiger partial charge in [0.1, 0.15) is 11.3 Å². The summed E-state index contributed by atoms with van der Waals surface area (Å²) in [6, 6.07) is 6.89. The molecule has 0 spiro atoms. The number of anilines is 1. The van der Waals surface area contributed by atoms with Crippen molar-refractivity contribution < 1.29 is 9.32 Å².